The minimum atomic E-state index is -2.85. The third kappa shape index (κ3) is 4.59. The van der Waals surface area contributed by atoms with Gasteiger partial charge in [0.15, 0.2) is 5.82 Å². The van der Waals surface area contributed by atoms with Crippen molar-refractivity contribution >= 4 is 0 Å². The number of ether oxygens (including phenoxy) is 1. The second kappa shape index (κ2) is 6.87. The molecule has 1 aromatic rings. The zero-order chi connectivity index (χ0) is 15.2. The summed E-state index contributed by atoms with van der Waals surface area (Å²) in [5, 5.41) is 13.6. The van der Waals surface area contributed by atoms with Crippen LogP contribution in [0.5, 0.6) is 5.75 Å². The van der Waals surface area contributed by atoms with Gasteiger partial charge in [-0.1, -0.05) is 12.1 Å². The lowest BCUT2D eigenvalue weighted by atomic mass is 10.2. The molecule has 1 N–H and O–H groups in total. The van der Waals surface area contributed by atoms with Crippen LogP contribution < -0.4 is 10.1 Å². The molecule has 1 saturated heterocycles. The Bertz CT molecular complexity index is 520. The summed E-state index contributed by atoms with van der Waals surface area (Å²) in [5.41, 5.74) is 0.856. The Morgan fingerprint density at radius 3 is 2.76 bits per heavy atom. The number of benzene rings is 1. The molecule has 0 bridgehead atoms. The zero-order valence-electron chi connectivity index (χ0n) is 11.2. The van der Waals surface area contributed by atoms with Crippen LogP contribution in [0.2, 0.25) is 0 Å². The van der Waals surface area contributed by atoms with E-state index in [-0.39, 0.29) is 5.75 Å². The first-order valence-electron chi connectivity index (χ1n) is 6.42. The predicted molar refractivity (Wildman–Crippen MR) is 71.2 cm³/mol. The fourth-order valence-electron chi connectivity index (χ4n) is 2.11. The summed E-state index contributed by atoms with van der Waals surface area (Å²) in [4.78, 5) is 11.9. The highest BCUT2D eigenvalue weighted by atomic mass is 19.3. The van der Waals surface area contributed by atoms with Gasteiger partial charge in [0.1, 0.15) is 5.75 Å². The maximum absolute atomic E-state index is 12.1. The lowest BCUT2D eigenvalue weighted by Gasteiger charge is -2.30. The molecule has 0 spiro atoms. The molecule has 0 saturated carbocycles. The number of rotatable bonds is 5. The van der Waals surface area contributed by atoms with E-state index in [1.165, 1.54) is 12.1 Å². The molecule has 1 fully saturated rings. The first-order valence-corrected chi connectivity index (χ1v) is 6.42. The van der Waals surface area contributed by atoms with Gasteiger partial charge in [-0.2, -0.15) is 8.78 Å². The molecule has 1 aliphatic heterocycles. The molecule has 0 unspecified atom stereocenters. The van der Waals surface area contributed by atoms with E-state index in [2.05, 4.69) is 10.1 Å². The van der Waals surface area contributed by atoms with Crippen LogP contribution in [0.1, 0.15) is 12.0 Å². The zero-order valence-corrected chi connectivity index (χ0v) is 11.2. The highest BCUT2D eigenvalue weighted by Crippen LogP contribution is 2.18. The van der Waals surface area contributed by atoms with Crippen LogP contribution in [0.25, 0.3) is 0 Å². The number of nitrogens with one attached hydrogen (secondary N) is 1. The molecule has 114 valence electrons. The summed E-state index contributed by atoms with van der Waals surface area (Å²) in [7, 11) is 0. The Labute approximate surface area is 120 Å². The van der Waals surface area contributed by atoms with Crippen LogP contribution in [-0.2, 0) is 6.54 Å². The molecule has 0 radical (unpaired) electrons. The van der Waals surface area contributed by atoms with Crippen LogP contribution >= 0.6 is 0 Å². The summed E-state index contributed by atoms with van der Waals surface area (Å²) in [6.07, 6.45) is 1.81. The molecular weight excluding hydrogens is 284 g/mol. The smallest absolute Gasteiger partial charge is 0.387 e. The van der Waals surface area contributed by atoms with Crippen molar-refractivity contribution in [3.63, 3.8) is 0 Å². The first-order chi connectivity index (χ1) is 10.0. The van der Waals surface area contributed by atoms with Gasteiger partial charge >= 0.3 is 6.61 Å². The topological polar surface area (TPSA) is 67.6 Å². The van der Waals surface area contributed by atoms with Crippen LogP contribution in [0.3, 0.4) is 0 Å². The average molecular weight is 299 g/mol. The van der Waals surface area contributed by atoms with Gasteiger partial charge in [0.2, 0.25) is 0 Å². The van der Waals surface area contributed by atoms with Crippen molar-refractivity contribution < 1.29 is 18.4 Å². The molecule has 0 atom stereocenters. The monoisotopic (exact) mass is 299 g/mol. The first kappa shape index (κ1) is 15.0. The van der Waals surface area contributed by atoms with Crippen LogP contribution in [0.4, 0.5) is 8.78 Å². The van der Waals surface area contributed by atoms with Crippen molar-refractivity contribution in [3.8, 4) is 5.75 Å². The summed E-state index contributed by atoms with van der Waals surface area (Å²) in [5.74, 6) is 0.547. The highest BCUT2D eigenvalue weighted by Gasteiger charge is 2.17. The van der Waals surface area contributed by atoms with Gasteiger partial charge < -0.3 is 15.0 Å². The van der Waals surface area contributed by atoms with E-state index in [0.717, 1.165) is 18.2 Å². The Kier molecular flexibility index (Phi) is 4.91. The van der Waals surface area contributed by atoms with Crippen molar-refractivity contribution in [1.29, 1.82) is 0 Å². The van der Waals surface area contributed by atoms with E-state index in [9.17, 15) is 18.9 Å². The minimum Gasteiger partial charge on any atom is -0.435 e. The second-order valence-electron chi connectivity index (χ2n) is 4.52. The predicted octanol–water partition coefficient (Wildman–Crippen LogP) is 2.16. The molecule has 0 aromatic heterocycles. The van der Waals surface area contributed by atoms with E-state index in [1.807, 2.05) is 4.90 Å². The number of nitro groups is 1. The minimum absolute atomic E-state index is 0.0894. The Morgan fingerprint density at radius 1 is 1.43 bits per heavy atom. The van der Waals surface area contributed by atoms with Crippen molar-refractivity contribution in [2.75, 3.05) is 13.1 Å². The standard InChI is InChI=1S/C13H15F2N3O3/c14-13(15)21-11-4-2-10(3-5-11)8-17-7-1-6-16-12(17)9-18(19)20/h2-5,9,13,16H,1,6-8H2. The van der Waals surface area contributed by atoms with Gasteiger partial charge in [-0.25, -0.2) is 0 Å². The summed E-state index contributed by atoms with van der Waals surface area (Å²) >= 11 is 0. The molecule has 1 heterocycles. The Balaban J connectivity index is 2.03. The quantitative estimate of drug-likeness (QED) is 0.666. The second-order valence-corrected chi connectivity index (χ2v) is 4.52. The highest BCUT2D eigenvalue weighted by molar-refractivity contribution is 5.27. The summed E-state index contributed by atoms with van der Waals surface area (Å²) < 4.78 is 28.4. The van der Waals surface area contributed by atoms with Gasteiger partial charge in [-0.15, -0.1) is 0 Å². The number of alkyl halides is 2. The number of nitrogens with zero attached hydrogens (tertiary/aromatic N) is 2. The molecule has 2 rings (SSSR count). The Hall–Kier alpha value is -2.38. The molecule has 1 aromatic carbocycles. The third-order valence-corrected chi connectivity index (χ3v) is 3.00. The fourth-order valence-corrected chi connectivity index (χ4v) is 2.11. The maximum Gasteiger partial charge on any atom is 0.387 e. The van der Waals surface area contributed by atoms with Gasteiger partial charge in [0.05, 0.1) is 4.92 Å². The lowest BCUT2D eigenvalue weighted by molar-refractivity contribution is -0.405. The lowest BCUT2D eigenvalue weighted by Crippen LogP contribution is -2.39. The average Bonchev–Trinajstić information content (AvgIpc) is 2.42. The van der Waals surface area contributed by atoms with E-state index >= 15 is 0 Å². The molecular formula is C13H15F2N3O3. The van der Waals surface area contributed by atoms with Crippen molar-refractivity contribution in [2.45, 2.75) is 19.6 Å². The summed E-state index contributed by atoms with van der Waals surface area (Å²) in [6, 6.07) is 6.23. The van der Waals surface area contributed by atoms with Crippen LogP contribution in [0.15, 0.2) is 36.3 Å². The van der Waals surface area contributed by atoms with E-state index < -0.39 is 11.5 Å². The SMILES string of the molecule is O=[N+]([O-])C=C1NCCCN1Cc1ccc(OC(F)F)cc1. The van der Waals surface area contributed by atoms with Crippen molar-refractivity contribution in [1.82, 2.24) is 10.2 Å². The van der Waals surface area contributed by atoms with E-state index in [1.54, 1.807) is 12.1 Å². The number of hydrogen-bond donors (Lipinski definition) is 1. The van der Waals surface area contributed by atoms with Gasteiger partial charge in [0, 0.05) is 19.6 Å². The molecule has 1 aliphatic rings. The molecule has 6 nitrogen and oxygen atoms in total. The van der Waals surface area contributed by atoms with Crippen molar-refractivity contribution in [2.24, 2.45) is 0 Å². The largest absolute Gasteiger partial charge is 0.435 e. The molecule has 0 aliphatic carbocycles. The molecule has 8 heteroatoms. The summed E-state index contributed by atoms with van der Waals surface area (Å²) in [6.45, 7) is -1.00. The van der Waals surface area contributed by atoms with Gasteiger partial charge in [0.25, 0.3) is 6.20 Å². The third-order valence-electron chi connectivity index (χ3n) is 3.00. The van der Waals surface area contributed by atoms with Gasteiger partial charge in [-0.05, 0) is 24.1 Å². The number of hydrogen-bond acceptors (Lipinski definition) is 5. The molecule has 0 amide bonds. The normalized spacial score (nSPS) is 16.9. The van der Waals surface area contributed by atoms with Crippen molar-refractivity contribution in [3.05, 3.63) is 52.0 Å². The fraction of sp³-hybridized carbons (Fsp3) is 0.385. The molecule has 21 heavy (non-hydrogen) atoms. The van der Waals surface area contributed by atoms with Gasteiger partial charge in [-0.3, -0.25) is 10.1 Å². The van der Waals surface area contributed by atoms with Crippen LogP contribution in [0, 0.1) is 10.1 Å². The maximum atomic E-state index is 12.1. The van der Waals surface area contributed by atoms with E-state index in [0.29, 0.717) is 25.5 Å². The Morgan fingerprint density at radius 2 is 2.14 bits per heavy atom. The van der Waals surface area contributed by atoms with E-state index in [4.69, 9.17) is 0 Å². The number of halogens is 2. The van der Waals surface area contributed by atoms with Crippen LogP contribution in [-0.4, -0.2) is 29.5 Å².